The van der Waals surface area contributed by atoms with Gasteiger partial charge in [0.05, 0.1) is 6.26 Å². The van der Waals surface area contributed by atoms with Crippen molar-refractivity contribution in [2.75, 3.05) is 0 Å². The van der Waals surface area contributed by atoms with Gasteiger partial charge in [0.15, 0.2) is 5.09 Å². The molecule has 0 aliphatic carbocycles. The van der Waals surface area contributed by atoms with E-state index in [1.54, 1.807) is 0 Å². The van der Waals surface area contributed by atoms with E-state index in [2.05, 4.69) is 12.6 Å². The Morgan fingerprint density at radius 3 is 3.00 bits per heavy atom. The topological polar surface area (TPSA) is 9.23 Å². The van der Waals surface area contributed by atoms with Gasteiger partial charge in [-0.3, -0.25) is 0 Å². The fourth-order valence-corrected chi connectivity index (χ4v) is 0.550. The molecule has 0 atom stereocenters. The Bertz CT molecular complexity index is 193. The fourth-order valence-electron chi connectivity index (χ4n) is 0.414. The minimum atomic E-state index is -0.334. The summed E-state index contributed by atoms with van der Waals surface area (Å²) < 4.78 is 17.0. The third kappa shape index (κ3) is 1.93. The molecule has 0 spiro atoms. The van der Waals surface area contributed by atoms with Crippen LogP contribution in [0.1, 0.15) is 0 Å². The zero-order valence-electron chi connectivity index (χ0n) is 4.54. The lowest BCUT2D eigenvalue weighted by Gasteiger charge is -1.91. The molecule has 0 fully saturated rings. The molecule has 3 heteroatoms. The van der Waals surface area contributed by atoms with E-state index >= 15 is 0 Å². The lowest BCUT2D eigenvalue weighted by molar-refractivity contribution is 0.389. The van der Waals surface area contributed by atoms with Crippen molar-refractivity contribution in [3.63, 3.8) is 0 Å². The van der Waals surface area contributed by atoms with Crippen LogP contribution in [0.15, 0.2) is 35.4 Å². The summed E-state index contributed by atoms with van der Waals surface area (Å²) in [5, 5.41) is 0.388. The highest BCUT2D eigenvalue weighted by atomic mass is 32.1. The fraction of sp³-hybridized carbons (Fsp3) is 0. The summed E-state index contributed by atoms with van der Waals surface area (Å²) in [5.41, 5.74) is 0. The molecule has 0 aromatic carbocycles. The van der Waals surface area contributed by atoms with Crippen molar-refractivity contribution < 1.29 is 9.13 Å². The standard InChI is InChI=1S/C6H5FOS/c7-5-1-2-6(9)8-4-3-5/h1-4,9H. The van der Waals surface area contributed by atoms with Gasteiger partial charge in [0.1, 0.15) is 5.83 Å². The number of rotatable bonds is 0. The van der Waals surface area contributed by atoms with Gasteiger partial charge in [-0.15, -0.1) is 12.6 Å². The Morgan fingerprint density at radius 2 is 2.22 bits per heavy atom. The molecule has 9 heavy (non-hydrogen) atoms. The molecular weight excluding hydrogens is 139 g/mol. The van der Waals surface area contributed by atoms with E-state index < -0.39 is 0 Å². The van der Waals surface area contributed by atoms with Crippen LogP contribution < -0.4 is 0 Å². The normalized spacial score (nSPS) is 17.6. The van der Waals surface area contributed by atoms with Gasteiger partial charge in [0, 0.05) is 6.08 Å². The predicted octanol–water partition coefficient (Wildman–Crippen LogP) is 2.15. The molecule has 1 nitrogen and oxygen atoms in total. The first-order valence-electron chi connectivity index (χ1n) is 2.39. The maximum Gasteiger partial charge on any atom is 0.156 e. The monoisotopic (exact) mass is 144 g/mol. The second-order valence-corrected chi connectivity index (χ2v) is 1.92. The molecule has 1 aliphatic heterocycles. The molecule has 0 aromatic heterocycles. The average Bonchev–Trinajstić information content (AvgIpc) is 1.97. The molecule has 1 aliphatic rings. The molecule has 1 heterocycles. The van der Waals surface area contributed by atoms with Crippen LogP contribution in [0.4, 0.5) is 4.39 Å². The summed E-state index contributed by atoms with van der Waals surface area (Å²) in [6, 6.07) is 0. The first-order valence-corrected chi connectivity index (χ1v) is 2.83. The lowest BCUT2D eigenvalue weighted by Crippen LogP contribution is -1.68. The third-order valence-electron chi connectivity index (χ3n) is 0.801. The van der Waals surface area contributed by atoms with E-state index in [4.69, 9.17) is 4.74 Å². The minimum Gasteiger partial charge on any atom is -0.458 e. The number of ether oxygens (including phenoxy) is 1. The van der Waals surface area contributed by atoms with E-state index in [1.165, 1.54) is 24.5 Å². The number of allylic oxidation sites excluding steroid dienone is 4. The van der Waals surface area contributed by atoms with Crippen LogP contribution >= 0.6 is 12.6 Å². The summed E-state index contributed by atoms with van der Waals surface area (Å²) in [5.74, 6) is -0.334. The van der Waals surface area contributed by atoms with Gasteiger partial charge < -0.3 is 4.74 Å². The highest BCUT2D eigenvalue weighted by molar-refractivity contribution is 7.84. The zero-order valence-corrected chi connectivity index (χ0v) is 5.44. The van der Waals surface area contributed by atoms with Crippen LogP contribution in [0.2, 0.25) is 0 Å². The first-order chi connectivity index (χ1) is 4.29. The Kier molecular flexibility index (Phi) is 1.95. The molecule has 48 valence electrons. The van der Waals surface area contributed by atoms with Gasteiger partial charge in [-0.05, 0) is 12.2 Å². The van der Waals surface area contributed by atoms with Gasteiger partial charge in [-0.1, -0.05) is 0 Å². The number of hydrogen-bond acceptors (Lipinski definition) is 2. The van der Waals surface area contributed by atoms with Crippen LogP contribution in [-0.2, 0) is 4.74 Å². The quantitative estimate of drug-likeness (QED) is 0.512. The van der Waals surface area contributed by atoms with E-state index in [9.17, 15) is 4.39 Å². The Hall–Kier alpha value is -0.700. The largest absolute Gasteiger partial charge is 0.458 e. The van der Waals surface area contributed by atoms with Gasteiger partial charge in [-0.25, -0.2) is 4.39 Å². The van der Waals surface area contributed by atoms with Crippen molar-refractivity contribution in [2.45, 2.75) is 0 Å². The minimum absolute atomic E-state index is 0.334. The summed E-state index contributed by atoms with van der Waals surface area (Å²) in [6.45, 7) is 0. The van der Waals surface area contributed by atoms with Crippen LogP contribution in [0.25, 0.3) is 0 Å². The molecular formula is C6H5FOS. The Labute approximate surface area is 57.9 Å². The van der Waals surface area contributed by atoms with Crippen molar-refractivity contribution in [2.24, 2.45) is 0 Å². The lowest BCUT2D eigenvalue weighted by atomic mass is 10.4. The predicted molar refractivity (Wildman–Crippen MR) is 36.5 cm³/mol. The SMILES string of the molecule is FC1=CC=C(S)OC=C1. The maximum atomic E-state index is 12.2. The highest BCUT2D eigenvalue weighted by Crippen LogP contribution is 2.10. The number of halogens is 1. The molecule has 0 unspecified atom stereocenters. The van der Waals surface area contributed by atoms with Crippen LogP contribution in [0.3, 0.4) is 0 Å². The number of hydrogen-bond donors (Lipinski definition) is 1. The van der Waals surface area contributed by atoms with Gasteiger partial charge in [-0.2, -0.15) is 0 Å². The van der Waals surface area contributed by atoms with Gasteiger partial charge in [0.2, 0.25) is 0 Å². The smallest absolute Gasteiger partial charge is 0.156 e. The maximum absolute atomic E-state index is 12.2. The van der Waals surface area contributed by atoms with E-state index in [0.29, 0.717) is 5.09 Å². The van der Waals surface area contributed by atoms with E-state index in [-0.39, 0.29) is 5.83 Å². The Balaban J connectivity index is 2.80. The molecule has 0 saturated carbocycles. The zero-order chi connectivity index (χ0) is 6.69. The highest BCUT2D eigenvalue weighted by Gasteiger charge is 1.92. The second kappa shape index (κ2) is 2.73. The van der Waals surface area contributed by atoms with Crippen LogP contribution in [-0.4, -0.2) is 0 Å². The van der Waals surface area contributed by atoms with Crippen LogP contribution in [0.5, 0.6) is 0 Å². The molecule has 1 rings (SSSR count). The van der Waals surface area contributed by atoms with Crippen molar-refractivity contribution in [3.8, 4) is 0 Å². The van der Waals surface area contributed by atoms with E-state index in [1.807, 2.05) is 0 Å². The van der Waals surface area contributed by atoms with Crippen molar-refractivity contribution in [1.29, 1.82) is 0 Å². The first kappa shape index (κ1) is 6.42. The van der Waals surface area contributed by atoms with Gasteiger partial charge in [0.25, 0.3) is 0 Å². The molecule has 0 radical (unpaired) electrons. The summed E-state index contributed by atoms with van der Waals surface area (Å²) in [7, 11) is 0. The molecule has 0 aromatic rings. The van der Waals surface area contributed by atoms with Crippen molar-refractivity contribution in [1.82, 2.24) is 0 Å². The Morgan fingerprint density at radius 1 is 1.44 bits per heavy atom. The summed E-state index contributed by atoms with van der Waals surface area (Å²) in [6.07, 6.45) is 5.20. The molecule has 0 amide bonds. The molecule has 0 saturated heterocycles. The third-order valence-corrected chi connectivity index (χ3v) is 1.06. The number of thiol groups is 1. The van der Waals surface area contributed by atoms with Crippen molar-refractivity contribution >= 4 is 12.6 Å². The molecule has 0 bridgehead atoms. The van der Waals surface area contributed by atoms with E-state index in [0.717, 1.165) is 0 Å². The summed E-state index contributed by atoms with van der Waals surface area (Å²) in [4.78, 5) is 0. The van der Waals surface area contributed by atoms with Gasteiger partial charge >= 0.3 is 0 Å². The summed E-state index contributed by atoms with van der Waals surface area (Å²) >= 11 is 3.85. The second-order valence-electron chi connectivity index (χ2n) is 1.48. The van der Waals surface area contributed by atoms with Crippen molar-refractivity contribution in [3.05, 3.63) is 35.4 Å². The molecule has 0 N–H and O–H groups in total. The average molecular weight is 144 g/mol. The van der Waals surface area contributed by atoms with Crippen LogP contribution in [0, 0.1) is 0 Å².